The number of nitrogens with zero attached hydrogens (tertiary/aromatic N) is 1. The van der Waals surface area contributed by atoms with Crippen LogP contribution >= 0.6 is 0 Å². The van der Waals surface area contributed by atoms with Crippen LogP contribution in [0.15, 0.2) is 48.5 Å². The molecular formula is C18H18N2O6. The third-order valence-electron chi connectivity index (χ3n) is 3.51. The van der Waals surface area contributed by atoms with Crippen LogP contribution in [0.1, 0.15) is 15.9 Å². The average molecular weight is 358 g/mol. The SMILES string of the molecule is COC(=O)c1ccc(OCC(=O)NCCc2ccccc2)c([N+](=O)[O-])c1. The summed E-state index contributed by atoms with van der Waals surface area (Å²) in [5.41, 5.74) is 0.701. The van der Waals surface area contributed by atoms with Crippen molar-refractivity contribution in [3.05, 3.63) is 69.8 Å². The van der Waals surface area contributed by atoms with Gasteiger partial charge in [0.2, 0.25) is 0 Å². The molecule has 2 aromatic carbocycles. The number of hydrogen-bond acceptors (Lipinski definition) is 6. The van der Waals surface area contributed by atoms with Crippen LogP contribution in [-0.4, -0.2) is 37.1 Å². The van der Waals surface area contributed by atoms with Gasteiger partial charge in [-0.3, -0.25) is 14.9 Å². The highest BCUT2D eigenvalue weighted by Crippen LogP contribution is 2.28. The summed E-state index contributed by atoms with van der Waals surface area (Å²) >= 11 is 0. The van der Waals surface area contributed by atoms with E-state index >= 15 is 0 Å². The Labute approximate surface area is 149 Å². The van der Waals surface area contributed by atoms with E-state index < -0.39 is 22.5 Å². The average Bonchev–Trinajstić information content (AvgIpc) is 2.66. The molecule has 0 unspecified atom stereocenters. The second-order valence-electron chi connectivity index (χ2n) is 5.31. The van der Waals surface area contributed by atoms with Gasteiger partial charge in [0, 0.05) is 12.6 Å². The lowest BCUT2D eigenvalue weighted by atomic mass is 10.1. The number of nitro benzene ring substituents is 1. The number of nitro groups is 1. The van der Waals surface area contributed by atoms with Crippen LogP contribution < -0.4 is 10.1 Å². The lowest BCUT2D eigenvalue weighted by Crippen LogP contribution is -2.30. The van der Waals surface area contributed by atoms with Gasteiger partial charge in [-0.2, -0.15) is 0 Å². The summed E-state index contributed by atoms with van der Waals surface area (Å²) in [5.74, 6) is -1.19. The summed E-state index contributed by atoms with van der Waals surface area (Å²) in [5, 5.41) is 13.8. The molecule has 0 aliphatic rings. The molecule has 8 heteroatoms. The first kappa shape index (κ1) is 18.9. The van der Waals surface area contributed by atoms with Gasteiger partial charge in [-0.25, -0.2) is 4.79 Å². The second-order valence-corrected chi connectivity index (χ2v) is 5.31. The third kappa shape index (κ3) is 5.30. The summed E-state index contributed by atoms with van der Waals surface area (Å²) in [6.07, 6.45) is 0.667. The molecule has 8 nitrogen and oxygen atoms in total. The van der Waals surface area contributed by atoms with Gasteiger partial charge in [-0.15, -0.1) is 0 Å². The molecule has 2 rings (SSSR count). The highest BCUT2D eigenvalue weighted by atomic mass is 16.6. The molecule has 1 amide bonds. The number of carbonyl (C=O) groups is 2. The number of amides is 1. The Kier molecular flexibility index (Phi) is 6.67. The first-order valence-corrected chi connectivity index (χ1v) is 7.81. The summed E-state index contributed by atoms with van der Waals surface area (Å²) in [4.78, 5) is 33.7. The van der Waals surface area contributed by atoms with Crippen molar-refractivity contribution in [2.24, 2.45) is 0 Å². The molecule has 0 saturated heterocycles. The van der Waals surface area contributed by atoms with Crippen LogP contribution in [-0.2, 0) is 16.0 Å². The number of hydrogen-bond donors (Lipinski definition) is 1. The minimum Gasteiger partial charge on any atom is -0.477 e. The minimum atomic E-state index is -0.696. The first-order chi connectivity index (χ1) is 12.5. The van der Waals surface area contributed by atoms with Gasteiger partial charge in [-0.1, -0.05) is 30.3 Å². The number of nitrogens with one attached hydrogen (secondary N) is 1. The molecule has 0 saturated carbocycles. The quantitative estimate of drug-likeness (QED) is 0.440. The molecule has 0 spiro atoms. The first-order valence-electron chi connectivity index (χ1n) is 7.81. The Morgan fingerprint density at radius 2 is 1.88 bits per heavy atom. The van der Waals surface area contributed by atoms with Crippen molar-refractivity contribution < 1.29 is 24.0 Å². The van der Waals surface area contributed by atoms with E-state index in [2.05, 4.69) is 10.1 Å². The van der Waals surface area contributed by atoms with E-state index in [0.29, 0.717) is 13.0 Å². The van der Waals surface area contributed by atoms with Crippen LogP contribution in [0.2, 0.25) is 0 Å². The Balaban J connectivity index is 1.90. The van der Waals surface area contributed by atoms with Crippen molar-refractivity contribution in [3.63, 3.8) is 0 Å². The van der Waals surface area contributed by atoms with E-state index in [0.717, 1.165) is 11.6 Å². The number of methoxy groups -OCH3 is 1. The van der Waals surface area contributed by atoms with Gasteiger partial charge in [-0.05, 0) is 24.1 Å². The lowest BCUT2D eigenvalue weighted by Gasteiger charge is -2.09. The van der Waals surface area contributed by atoms with Crippen molar-refractivity contribution in [2.45, 2.75) is 6.42 Å². The Morgan fingerprint density at radius 1 is 1.15 bits per heavy atom. The monoisotopic (exact) mass is 358 g/mol. The number of benzene rings is 2. The molecule has 0 bridgehead atoms. The van der Waals surface area contributed by atoms with Crippen molar-refractivity contribution in [2.75, 3.05) is 20.3 Å². The maximum Gasteiger partial charge on any atom is 0.338 e. The zero-order valence-corrected chi connectivity index (χ0v) is 14.1. The zero-order chi connectivity index (χ0) is 18.9. The number of rotatable bonds is 8. The fourth-order valence-corrected chi connectivity index (χ4v) is 2.21. The normalized spacial score (nSPS) is 10.0. The predicted molar refractivity (Wildman–Crippen MR) is 93.1 cm³/mol. The van der Waals surface area contributed by atoms with Crippen molar-refractivity contribution >= 4 is 17.6 Å². The molecular weight excluding hydrogens is 340 g/mol. The van der Waals surface area contributed by atoms with Crippen LogP contribution in [0.4, 0.5) is 5.69 Å². The van der Waals surface area contributed by atoms with Crippen molar-refractivity contribution in [1.29, 1.82) is 0 Å². The number of ether oxygens (including phenoxy) is 2. The number of esters is 1. The highest BCUT2D eigenvalue weighted by Gasteiger charge is 2.19. The van der Waals surface area contributed by atoms with E-state index in [1.54, 1.807) is 0 Å². The minimum absolute atomic E-state index is 0.0267. The van der Waals surface area contributed by atoms with E-state index in [9.17, 15) is 19.7 Å². The van der Waals surface area contributed by atoms with Crippen molar-refractivity contribution in [1.82, 2.24) is 5.32 Å². The van der Waals surface area contributed by atoms with Gasteiger partial charge in [0.15, 0.2) is 12.4 Å². The van der Waals surface area contributed by atoms with Crippen LogP contribution in [0.5, 0.6) is 5.75 Å². The molecule has 0 radical (unpaired) electrons. The van der Waals surface area contributed by atoms with Crippen LogP contribution in [0.25, 0.3) is 0 Å². The topological polar surface area (TPSA) is 108 Å². The molecule has 0 fully saturated rings. The van der Waals surface area contributed by atoms with Crippen LogP contribution in [0.3, 0.4) is 0 Å². The molecule has 136 valence electrons. The van der Waals surface area contributed by atoms with E-state index in [4.69, 9.17) is 4.74 Å². The Bertz CT molecular complexity index is 792. The Morgan fingerprint density at radius 3 is 2.54 bits per heavy atom. The maximum atomic E-state index is 11.8. The predicted octanol–water partition coefficient (Wildman–Crippen LogP) is 2.12. The summed E-state index contributed by atoms with van der Waals surface area (Å²) in [6, 6.07) is 13.3. The van der Waals surface area contributed by atoms with Gasteiger partial charge in [0.1, 0.15) is 0 Å². The molecule has 0 aliphatic carbocycles. The highest BCUT2D eigenvalue weighted by molar-refractivity contribution is 5.90. The molecule has 26 heavy (non-hydrogen) atoms. The van der Waals surface area contributed by atoms with Gasteiger partial charge in [0.25, 0.3) is 5.91 Å². The fourth-order valence-electron chi connectivity index (χ4n) is 2.21. The standard InChI is InChI=1S/C18H18N2O6/c1-25-18(22)14-7-8-16(15(11-14)20(23)24)26-12-17(21)19-10-9-13-5-3-2-4-6-13/h2-8,11H,9-10,12H2,1H3,(H,19,21). The fraction of sp³-hybridized carbons (Fsp3) is 0.222. The third-order valence-corrected chi connectivity index (χ3v) is 3.51. The molecule has 2 aromatic rings. The second kappa shape index (κ2) is 9.16. The molecule has 1 N–H and O–H groups in total. The molecule has 0 atom stereocenters. The number of carbonyl (C=O) groups excluding carboxylic acids is 2. The van der Waals surface area contributed by atoms with Crippen molar-refractivity contribution in [3.8, 4) is 5.75 Å². The smallest absolute Gasteiger partial charge is 0.338 e. The molecule has 0 aliphatic heterocycles. The van der Waals surface area contributed by atoms with E-state index in [1.807, 2.05) is 30.3 Å². The van der Waals surface area contributed by atoms with Gasteiger partial charge < -0.3 is 14.8 Å². The Hall–Kier alpha value is -3.42. The zero-order valence-electron chi connectivity index (χ0n) is 14.1. The maximum absolute atomic E-state index is 11.8. The molecule has 0 heterocycles. The van der Waals surface area contributed by atoms with E-state index in [-0.39, 0.29) is 17.9 Å². The molecule has 0 aromatic heterocycles. The summed E-state index contributed by atoms with van der Waals surface area (Å²) in [6.45, 7) is 0.0583. The largest absolute Gasteiger partial charge is 0.477 e. The van der Waals surface area contributed by atoms with Crippen LogP contribution in [0, 0.1) is 10.1 Å². The van der Waals surface area contributed by atoms with Gasteiger partial charge >= 0.3 is 11.7 Å². The summed E-state index contributed by atoms with van der Waals surface area (Å²) < 4.78 is 9.75. The van der Waals surface area contributed by atoms with Gasteiger partial charge in [0.05, 0.1) is 17.6 Å². The lowest BCUT2D eigenvalue weighted by molar-refractivity contribution is -0.385. The van der Waals surface area contributed by atoms with E-state index in [1.165, 1.54) is 19.2 Å². The summed E-state index contributed by atoms with van der Waals surface area (Å²) in [7, 11) is 1.18.